The molecule has 26 heavy (non-hydrogen) atoms. The molecule has 0 spiro atoms. The summed E-state index contributed by atoms with van der Waals surface area (Å²) in [6, 6.07) is 15.3. The van der Waals surface area contributed by atoms with Crippen LogP contribution in [0.1, 0.15) is 32.8 Å². The van der Waals surface area contributed by atoms with Crippen molar-refractivity contribution in [2.45, 2.75) is 39.0 Å². The molecule has 4 nitrogen and oxygen atoms in total. The summed E-state index contributed by atoms with van der Waals surface area (Å²) < 4.78 is 0. The van der Waals surface area contributed by atoms with Crippen LogP contribution in [0.25, 0.3) is 0 Å². The molecular formula is C21H26N2O2S. The highest BCUT2D eigenvalue weighted by Gasteiger charge is 2.15. The zero-order valence-corrected chi connectivity index (χ0v) is 16.6. The van der Waals surface area contributed by atoms with Crippen LogP contribution >= 0.6 is 11.8 Å². The molecule has 0 atom stereocenters. The van der Waals surface area contributed by atoms with E-state index in [2.05, 4.69) is 10.6 Å². The van der Waals surface area contributed by atoms with Crippen molar-refractivity contribution in [3.63, 3.8) is 0 Å². The van der Waals surface area contributed by atoms with Gasteiger partial charge in [-0.3, -0.25) is 9.59 Å². The fourth-order valence-electron chi connectivity index (χ4n) is 2.30. The second kappa shape index (κ2) is 8.90. The second-order valence-electron chi connectivity index (χ2n) is 7.51. The SMILES string of the molecule is Cc1ccc(NC(=O)CSc2ccc(NC(=O)CC(C)(C)C)cc2)cc1. The Bertz CT molecular complexity index is 747. The van der Waals surface area contributed by atoms with Gasteiger partial charge in [0.1, 0.15) is 0 Å². The molecule has 2 aromatic rings. The summed E-state index contributed by atoms with van der Waals surface area (Å²) in [5.41, 5.74) is 2.70. The summed E-state index contributed by atoms with van der Waals surface area (Å²) in [5, 5.41) is 5.78. The minimum absolute atomic E-state index is 0.00961. The molecule has 5 heteroatoms. The molecule has 2 amide bonds. The maximum atomic E-state index is 12.0. The fraction of sp³-hybridized carbons (Fsp3) is 0.333. The lowest BCUT2D eigenvalue weighted by Crippen LogP contribution is -2.19. The predicted octanol–water partition coefficient (Wildman–Crippen LogP) is 5.10. The summed E-state index contributed by atoms with van der Waals surface area (Å²) >= 11 is 1.46. The zero-order chi connectivity index (χ0) is 19.2. The molecule has 0 bridgehead atoms. The van der Waals surface area contributed by atoms with E-state index in [9.17, 15) is 9.59 Å². The van der Waals surface area contributed by atoms with E-state index in [1.54, 1.807) is 0 Å². The van der Waals surface area contributed by atoms with E-state index in [0.29, 0.717) is 12.2 Å². The first-order valence-corrected chi connectivity index (χ1v) is 9.59. The maximum absolute atomic E-state index is 12.0. The largest absolute Gasteiger partial charge is 0.326 e. The molecule has 0 unspecified atom stereocenters. The Morgan fingerprint density at radius 2 is 1.35 bits per heavy atom. The lowest BCUT2D eigenvalue weighted by Gasteiger charge is -2.17. The molecule has 0 aliphatic carbocycles. The van der Waals surface area contributed by atoms with Crippen molar-refractivity contribution < 1.29 is 9.59 Å². The Balaban J connectivity index is 1.80. The van der Waals surface area contributed by atoms with Gasteiger partial charge >= 0.3 is 0 Å². The van der Waals surface area contributed by atoms with Gasteiger partial charge in [-0.05, 0) is 48.7 Å². The molecule has 2 N–H and O–H groups in total. The van der Waals surface area contributed by atoms with Gasteiger partial charge in [0.15, 0.2) is 0 Å². The quantitative estimate of drug-likeness (QED) is 0.696. The third-order valence-corrected chi connectivity index (χ3v) is 4.55. The molecule has 0 aromatic heterocycles. The Hall–Kier alpha value is -2.27. The number of thioether (sulfide) groups is 1. The van der Waals surface area contributed by atoms with Gasteiger partial charge < -0.3 is 10.6 Å². The van der Waals surface area contributed by atoms with Crippen LogP contribution in [0.15, 0.2) is 53.4 Å². The number of carbonyl (C=O) groups is 2. The smallest absolute Gasteiger partial charge is 0.234 e. The van der Waals surface area contributed by atoms with Crippen LogP contribution in [0.2, 0.25) is 0 Å². The second-order valence-corrected chi connectivity index (χ2v) is 8.56. The van der Waals surface area contributed by atoms with E-state index in [0.717, 1.165) is 21.8 Å². The molecule has 138 valence electrons. The molecule has 0 aliphatic heterocycles. The summed E-state index contributed by atoms with van der Waals surface area (Å²) in [6.45, 7) is 8.12. The third-order valence-electron chi connectivity index (χ3n) is 3.53. The first kappa shape index (κ1) is 20.0. The van der Waals surface area contributed by atoms with Crippen molar-refractivity contribution in [1.82, 2.24) is 0 Å². The summed E-state index contributed by atoms with van der Waals surface area (Å²) in [4.78, 5) is 25.0. The van der Waals surface area contributed by atoms with E-state index in [1.807, 2.05) is 76.2 Å². The highest BCUT2D eigenvalue weighted by atomic mass is 32.2. The van der Waals surface area contributed by atoms with Gasteiger partial charge in [0.05, 0.1) is 5.75 Å². The lowest BCUT2D eigenvalue weighted by atomic mass is 9.92. The highest BCUT2D eigenvalue weighted by Crippen LogP contribution is 2.22. The fourth-order valence-corrected chi connectivity index (χ4v) is 3.00. The lowest BCUT2D eigenvalue weighted by molar-refractivity contribution is -0.118. The van der Waals surface area contributed by atoms with Crippen LogP contribution < -0.4 is 10.6 Å². The van der Waals surface area contributed by atoms with Gasteiger partial charge in [-0.25, -0.2) is 0 Å². The number of aryl methyl sites for hydroxylation is 1. The minimum atomic E-state index is -0.0404. The Morgan fingerprint density at radius 1 is 0.846 bits per heavy atom. The number of carbonyl (C=O) groups excluding carboxylic acids is 2. The van der Waals surface area contributed by atoms with Crippen molar-refractivity contribution in [2.75, 3.05) is 16.4 Å². The van der Waals surface area contributed by atoms with E-state index in [4.69, 9.17) is 0 Å². The Morgan fingerprint density at radius 3 is 1.88 bits per heavy atom. The molecule has 2 rings (SSSR count). The number of anilines is 2. The van der Waals surface area contributed by atoms with E-state index in [1.165, 1.54) is 11.8 Å². The monoisotopic (exact) mass is 370 g/mol. The average Bonchev–Trinajstić information content (AvgIpc) is 2.54. The van der Waals surface area contributed by atoms with Crippen LogP contribution in [-0.2, 0) is 9.59 Å². The molecular weight excluding hydrogens is 344 g/mol. The number of amides is 2. The molecule has 2 aromatic carbocycles. The molecule has 0 radical (unpaired) electrons. The maximum Gasteiger partial charge on any atom is 0.234 e. The van der Waals surface area contributed by atoms with Gasteiger partial charge in [0, 0.05) is 22.7 Å². The van der Waals surface area contributed by atoms with Crippen LogP contribution in [0, 0.1) is 12.3 Å². The minimum Gasteiger partial charge on any atom is -0.326 e. The average molecular weight is 371 g/mol. The Kier molecular flexibility index (Phi) is 6.86. The van der Waals surface area contributed by atoms with Crippen molar-refractivity contribution in [3.8, 4) is 0 Å². The topological polar surface area (TPSA) is 58.2 Å². The molecule has 0 saturated heterocycles. The molecule has 0 heterocycles. The number of rotatable bonds is 6. The van der Waals surface area contributed by atoms with Crippen molar-refractivity contribution in [2.24, 2.45) is 5.41 Å². The predicted molar refractivity (Wildman–Crippen MR) is 110 cm³/mol. The summed E-state index contributed by atoms with van der Waals surface area (Å²) in [7, 11) is 0. The number of hydrogen-bond acceptors (Lipinski definition) is 3. The van der Waals surface area contributed by atoms with Crippen LogP contribution in [0.4, 0.5) is 11.4 Å². The van der Waals surface area contributed by atoms with Gasteiger partial charge in [0.25, 0.3) is 0 Å². The van der Waals surface area contributed by atoms with Crippen LogP contribution in [0.5, 0.6) is 0 Å². The summed E-state index contributed by atoms with van der Waals surface area (Å²) in [6.07, 6.45) is 0.475. The number of hydrogen-bond donors (Lipinski definition) is 2. The first-order chi connectivity index (χ1) is 12.2. The number of nitrogens with one attached hydrogen (secondary N) is 2. The summed E-state index contributed by atoms with van der Waals surface area (Å²) in [5.74, 6) is 0.306. The van der Waals surface area contributed by atoms with E-state index < -0.39 is 0 Å². The van der Waals surface area contributed by atoms with Crippen molar-refractivity contribution in [1.29, 1.82) is 0 Å². The normalized spacial score (nSPS) is 11.1. The van der Waals surface area contributed by atoms with Gasteiger partial charge in [-0.2, -0.15) is 0 Å². The first-order valence-electron chi connectivity index (χ1n) is 8.60. The van der Waals surface area contributed by atoms with Crippen LogP contribution in [0.3, 0.4) is 0 Å². The molecule has 0 aliphatic rings. The van der Waals surface area contributed by atoms with Gasteiger partial charge in [0.2, 0.25) is 11.8 Å². The zero-order valence-electron chi connectivity index (χ0n) is 15.8. The standard InChI is InChI=1S/C21H26N2O2S/c1-15-5-7-16(8-6-15)23-20(25)14-26-18-11-9-17(10-12-18)22-19(24)13-21(2,3)4/h5-12H,13-14H2,1-4H3,(H,22,24)(H,23,25). The van der Waals surface area contributed by atoms with E-state index in [-0.39, 0.29) is 17.2 Å². The van der Waals surface area contributed by atoms with E-state index >= 15 is 0 Å². The highest BCUT2D eigenvalue weighted by molar-refractivity contribution is 8.00. The van der Waals surface area contributed by atoms with Crippen molar-refractivity contribution >= 4 is 35.0 Å². The molecule has 0 saturated carbocycles. The number of benzene rings is 2. The third kappa shape index (κ3) is 7.31. The van der Waals surface area contributed by atoms with Crippen LogP contribution in [-0.4, -0.2) is 17.6 Å². The van der Waals surface area contributed by atoms with Crippen molar-refractivity contribution in [3.05, 3.63) is 54.1 Å². The Labute approximate surface area is 159 Å². The van der Waals surface area contributed by atoms with Gasteiger partial charge in [-0.1, -0.05) is 38.5 Å². The molecule has 0 fully saturated rings. The van der Waals surface area contributed by atoms with Gasteiger partial charge in [-0.15, -0.1) is 11.8 Å².